The van der Waals surface area contributed by atoms with Crippen molar-refractivity contribution in [3.8, 4) is 11.3 Å². The molecule has 2 heterocycles. The predicted octanol–water partition coefficient (Wildman–Crippen LogP) is 0.586. The van der Waals surface area contributed by atoms with E-state index in [2.05, 4.69) is 30.8 Å². The lowest BCUT2D eigenvalue weighted by Gasteiger charge is -2.06. The zero-order valence-electron chi connectivity index (χ0n) is 11.9. The van der Waals surface area contributed by atoms with Crippen LogP contribution in [0.15, 0.2) is 43.0 Å². The Morgan fingerprint density at radius 3 is 2.78 bits per heavy atom. The van der Waals surface area contributed by atoms with Crippen LogP contribution in [0, 0.1) is 5.82 Å². The molecule has 1 amide bonds. The molecule has 0 saturated carbocycles. The van der Waals surface area contributed by atoms with Crippen LogP contribution >= 0.6 is 0 Å². The zero-order valence-corrected chi connectivity index (χ0v) is 11.9. The van der Waals surface area contributed by atoms with Gasteiger partial charge >= 0.3 is 0 Å². The summed E-state index contributed by atoms with van der Waals surface area (Å²) in [6.07, 6.45) is 2.76. The van der Waals surface area contributed by atoms with Crippen molar-refractivity contribution < 1.29 is 9.18 Å². The van der Waals surface area contributed by atoms with E-state index in [1.165, 1.54) is 29.5 Å². The molecule has 0 aliphatic carbocycles. The molecule has 1 aromatic carbocycles. The van der Waals surface area contributed by atoms with Crippen molar-refractivity contribution in [3.05, 3.63) is 54.5 Å². The van der Waals surface area contributed by atoms with E-state index in [-0.39, 0.29) is 24.8 Å². The fourth-order valence-electron chi connectivity index (χ4n) is 1.92. The van der Waals surface area contributed by atoms with E-state index in [4.69, 9.17) is 0 Å². The molecule has 1 N–H and O–H groups in total. The molecule has 116 valence electrons. The fraction of sp³-hybridized carbons (Fsp3) is 0.143. The van der Waals surface area contributed by atoms with Crippen LogP contribution in [0.25, 0.3) is 11.3 Å². The maximum absolute atomic E-state index is 13.0. The highest BCUT2D eigenvalue weighted by Gasteiger charge is 2.06. The first kappa shape index (κ1) is 14.7. The van der Waals surface area contributed by atoms with Gasteiger partial charge in [0.25, 0.3) is 0 Å². The minimum absolute atomic E-state index is 0.0307. The summed E-state index contributed by atoms with van der Waals surface area (Å²) in [5.41, 5.74) is 2.07. The van der Waals surface area contributed by atoms with Gasteiger partial charge in [0.15, 0.2) is 0 Å². The molecule has 2 aromatic heterocycles. The van der Waals surface area contributed by atoms with Gasteiger partial charge in [-0.2, -0.15) is 0 Å². The summed E-state index contributed by atoms with van der Waals surface area (Å²) in [6.45, 7) is 0.278. The molecular formula is C14H12FN7O. The number of hydrogen-bond acceptors (Lipinski definition) is 6. The lowest BCUT2D eigenvalue weighted by Crippen LogP contribution is -2.27. The quantitative estimate of drug-likeness (QED) is 0.740. The van der Waals surface area contributed by atoms with Gasteiger partial charge in [0.05, 0.1) is 17.9 Å². The molecule has 0 aliphatic heterocycles. The van der Waals surface area contributed by atoms with Crippen molar-refractivity contribution >= 4 is 5.91 Å². The number of amides is 1. The van der Waals surface area contributed by atoms with Crippen LogP contribution in [0.1, 0.15) is 5.69 Å². The number of nitrogens with one attached hydrogen (secondary N) is 1. The van der Waals surface area contributed by atoms with E-state index < -0.39 is 0 Å². The maximum atomic E-state index is 13.0. The topological polar surface area (TPSA) is 98.5 Å². The van der Waals surface area contributed by atoms with Crippen LogP contribution in [0.2, 0.25) is 0 Å². The smallest absolute Gasteiger partial charge is 0.242 e. The first-order valence-electron chi connectivity index (χ1n) is 6.75. The first-order valence-corrected chi connectivity index (χ1v) is 6.75. The van der Waals surface area contributed by atoms with Crippen molar-refractivity contribution in [2.75, 3.05) is 0 Å². The van der Waals surface area contributed by atoms with Gasteiger partial charge in [0.2, 0.25) is 5.91 Å². The predicted molar refractivity (Wildman–Crippen MR) is 77.1 cm³/mol. The van der Waals surface area contributed by atoms with Crippen LogP contribution in [0.5, 0.6) is 0 Å². The number of tetrazole rings is 1. The van der Waals surface area contributed by atoms with Gasteiger partial charge in [-0.15, -0.1) is 5.10 Å². The van der Waals surface area contributed by atoms with E-state index >= 15 is 0 Å². The molecule has 0 aliphatic rings. The number of rotatable bonds is 5. The number of halogens is 1. The van der Waals surface area contributed by atoms with Gasteiger partial charge in [-0.3, -0.25) is 4.79 Å². The van der Waals surface area contributed by atoms with Gasteiger partial charge in [-0.25, -0.2) is 19.0 Å². The molecule has 23 heavy (non-hydrogen) atoms. The summed E-state index contributed by atoms with van der Waals surface area (Å²) in [5, 5.41) is 13.2. The highest BCUT2D eigenvalue weighted by Crippen LogP contribution is 2.17. The third-order valence-corrected chi connectivity index (χ3v) is 3.03. The van der Waals surface area contributed by atoms with Crippen LogP contribution in [0.4, 0.5) is 4.39 Å². The summed E-state index contributed by atoms with van der Waals surface area (Å²) in [4.78, 5) is 20.0. The largest absolute Gasteiger partial charge is 0.349 e. The Labute approximate surface area is 130 Å². The molecule has 0 radical (unpaired) electrons. The fourth-order valence-corrected chi connectivity index (χ4v) is 1.92. The molecule has 0 spiro atoms. The number of aromatic nitrogens is 6. The van der Waals surface area contributed by atoms with Crippen LogP contribution in [-0.2, 0) is 17.9 Å². The normalized spacial score (nSPS) is 10.5. The molecule has 3 rings (SSSR count). The van der Waals surface area contributed by atoms with Crippen molar-refractivity contribution in [3.63, 3.8) is 0 Å². The second-order valence-corrected chi connectivity index (χ2v) is 4.69. The van der Waals surface area contributed by atoms with Crippen LogP contribution in [0.3, 0.4) is 0 Å². The summed E-state index contributed by atoms with van der Waals surface area (Å²) >= 11 is 0. The summed E-state index contributed by atoms with van der Waals surface area (Å²) in [6, 6.07) is 7.75. The molecule has 8 nitrogen and oxygen atoms in total. The lowest BCUT2D eigenvalue weighted by atomic mass is 10.1. The Hall–Kier alpha value is -3.23. The average Bonchev–Trinajstić information content (AvgIpc) is 3.07. The van der Waals surface area contributed by atoms with Gasteiger partial charge in [0.1, 0.15) is 25.0 Å². The zero-order chi connectivity index (χ0) is 16.1. The molecule has 0 bridgehead atoms. The molecule has 0 unspecified atom stereocenters. The minimum atomic E-state index is -0.308. The van der Waals surface area contributed by atoms with Crippen molar-refractivity contribution in [1.82, 2.24) is 35.5 Å². The number of nitrogens with zero attached hydrogens (tertiary/aromatic N) is 6. The van der Waals surface area contributed by atoms with Gasteiger partial charge in [0, 0.05) is 5.56 Å². The molecule has 0 fully saturated rings. The second kappa shape index (κ2) is 6.69. The van der Waals surface area contributed by atoms with E-state index in [1.54, 1.807) is 18.2 Å². The highest BCUT2D eigenvalue weighted by atomic mass is 19.1. The Morgan fingerprint density at radius 2 is 2.04 bits per heavy atom. The molecule has 3 aromatic rings. The van der Waals surface area contributed by atoms with Gasteiger partial charge in [-0.05, 0) is 40.8 Å². The van der Waals surface area contributed by atoms with Gasteiger partial charge < -0.3 is 5.32 Å². The monoisotopic (exact) mass is 313 g/mol. The molecule has 0 atom stereocenters. The summed E-state index contributed by atoms with van der Waals surface area (Å²) < 4.78 is 14.3. The highest BCUT2D eigenvalue weighted by molar-refractivity contribution is 5.75. The Morgan fingerprint density at radius 1 is 1.22 bits per heavy atom. The van der Waals surface area contributed by atoms with Crippen LogP contribution in [-0.4, -0.2) is 36.1 Å². The molecule has 9 heteroatoms. The van der Waals surface area contributed by atoms with Crippen LogP contribution < -0.4 is 5.32 Å². The third-order valence-electron chi connectivity index (χ3n) is 3.03. The van der Waals surface area contributed by atoms with E-state index in [0.29, 0.717) is 11.4 Å². The standard InChI is InChI=1S/C14H12FN7O/c15-11-3-1-10(2-4-11)13-5-12(17-8-18-13)6-16-14(23)7-22-9-19-20-21-22/h1-5,8-9H,6-7H2,(H,16,23). The Bertz CT molecular complexity index is 789. The Balaban J connectivity index is 1.63. The number of carbonyl (C=O) groups is 1. The maximum Gasteiger partial charge on any atom is 0.242 e. The summed E-state index contributed by atoms with van der Waals surface area (Å²) in [5.74, 6) is -0.544. The number of hydrogen-bond donors (Lipinski definition) is 1. The molecular weight excluding hydrogens is 301 g/mol. The van der Waals surface area contributed by atoms with Crippen molar-refractivity contribution in [2.45, 2.75) is 13.1 Å². The average molecular weight is 313 g/mol. The first-order chi connectivity index (χ1) is 11.2. The summed E-state index contributed by atoms with van der Waals surface area (Å²) in [7, 11) is 0. The van der Waals surface area contributed by atoms with E-state index in [1.807, 2.05) is 0 Å². The minimum Gasteiger partial charge on any atom is -0.349 e. The van der Waals surface area contributed by atoms with E-state index in [0.717, 1.165) is 5.56 Å². The second-order valence-electron chi connectivity index (χ2n) is 4.69. The van der Waals surface area contributed by atoms with Gasteiger partial charge in [-0.1, -0.05) is 0 Å². The third kappa shape index (κ3) is 3.90. The number of benzene rings is 1. The molecule has 0 saturated heterocycles. The Kier molecular flexibility index (Phi) is 4.27. The van der Waals surface area contributed by atoms with Crippen molar-refractivity contribution in [1.29, 1.82) is 0 Å². The lowest BCUT2D eigenvalue weighted by molar-refractivity contribution is -0.122. The van der Waals surface area contributed by atoms with Crippen molar-refractivity contribution in [2.24, 2.45) is 0 Å². The van der Waals surface area contributed by atoms with E-state index in [9.17, 15) is 9.18 Å². The number of carbonyl (C=O) groups excluding carboxylic acids is 1. The SMILES string of the molecule is O=C(Cn1cnnn1)NCc1cc(-c2ccc(F)cc2)ncn1.